The van der Waals surface area contributed by atoms with Crippen molar-refractivity contribution in [2.24, 2.45) is 0 Å². The van der Waals surface area contributed by atoms with Crippen LogP contribution in [0.4, 0.5) is 0 Å². The summed E-state index contributed by atoms with van der Waals surface area (Å²) in [6, 6.07) is 8.21. The fourth-order valence-electron chi connectivity index (χ4n) is 1.28. The van der Waals surface area contributed by atoms with Crippen LogP contribution in [0.25, 0.3) is 11.8 Å². The van der Waals surface area contributed by atoms with Gasteiger partial charge < -0.3 is 0 Å². The molecule has 0 bridgehead atoms. The molecule has 1 aromatic heterocycles. The Morgan fingerprint density at radius 1 is 1.07 bits per heavy atom. The van der Waals surface area contributed by atoms with E-state index >= 15 is 0 Å². The van der Waals surface area contributed by atoms with Crippen LogP contribution in [0.2, 0.25) is 0 Å². The molecule has 0 aliphatic carbocycles. The number of allylic oxidation sites excluding steroid dienone is 1. The molecule has 3 nitrogen and oxygen atoms in total. The highest BCUT2D eigenvalue weighted by molar-refractivity contribution is 5.51. The molecule has 0 spiro atoms. The van der Waals surface area contributed by atoms with Gasteiger partial charge in [-0.25, -0.2) is 0 Å². The van der Waals surface area contributed by atoms with E-state index in [9.17, 15) is 0 Å². The number of hydrogen-bond acceptors (Lipinski definition) is 2. The Hall–Kier alpha value is -1.90. The molecular formula is C11H11N3. The van der Waals surface area contributed by atoms with Gasteiger partial charge >= 0.3 is 0 Å². The molecular weight excluding hydrogens is 174 g/mol. The zero-order chi connectivity index (χ0) is 9.80. The second-order valence-corrected chi connectivity index (χ2v) is 2.96. The molecule has 2 aromatic rings. The van der Waals surface area contributed by atoms with Gasteiger partial charge in [0.05, 0.1) is 0 Å². The fourth-order valence-corrected chi connectivity index (χ4v) is 1.28. The number of benzene rings is 1. The van der Waals surface area contributed by atoms with Gasteiger partial charge in [0.25, 0.3) is 0 Å². The van der Waals surface area contributed by atoms with E-state index < -0.39 is 0 Å². The van der Waals surface area contributed by atoms with E-state index in [4.69, 9.17) is 0 Å². The maximum absolute atomic E-state index is 3.76. The molecule has 0 fully saturated rings. The molecule has 0 amide bonds. The lowest BCUT2D eigenvalue weighted by molar-refractivity contribution is 1.06. The first-order chi connectivity index (χ1) is 6.90. The molecule has 0 unspecified atom stereocenters. The molecule has 0 saturated carbocycles. The fraction of sp³-hybridized carbons (Fsp3) is 0.0909. The molecule has 1 heterocycles. The van der Waals surface area contributed by atoms with Crippen molar-refractivity contribution in [3.63, 3.8) is 0 Å². The summed E-state index contributed by atoms with van der Waals surface area (Å²) in [5, 5.41) is 7.51. The van der Waals surface area contributed by atoms with Gasteiger partial charge in [-0.2, -0.15) is 0 Å². The van der Waals surface area contributed by atoms with E-state index in [2.05, 4.69) is 28.4 Å². The van der Waals surface area contributed by atoms with Crippen LogP contribution < -0.4 is 0 Å². The van der Waals surface area contributed by atoms with Gasteiger partial charge in [-0.3, -0.25) is 4.57 Å². The van der Waals surface area contributed by atoms with Crippen molar-refractivity contribution in [3.05, 3.63) is 48.6 Å². The van der Waals surface area contributed by atoms with Crippen molar-refractivity contribution in [1.82, 2.24) is 14.8 Å². The van der Waals surface area contributed by atoms with Crippen LogP contribution in [0.5, 0.6) is 0 Å². The third-order valence-electron chi connectivity index (χ3n) is 1.97. The molecule has 0 N–H and O–H groups in total. The Labute approximate surface area is 82.7 Å². The van der Waals surface area contributed by atoms with Crippen molar-refractivity contribution < 1.29 is 0 Å². The normalized spacial score (nSPS) is 10.9. The van der Waals surface area contributed by atoms with Crippen molar-refractivity contribution in [2.75, 3.05) is 0 Å². The lowest BCUT2D eigenvalue weighted by atomic mass is 10.2. The Bertz CT molecular complexity index is 412. The third kappa shape index (κ3) is 1.71. The van der Waals surface area contributed by atoms with Crippen molar-refractivity contribution in [2.45, 2.75) is 6.92 Å². The van der Waals surface area contributed by atoms with E-state index in [1.165, 1.54) is 5.56 Å². The highest BCUT2D eigenvalue weighted by Gasteiger charge is 1.94. The van der Waals surface area contributed by atoms with Crippen LogP contribution in [-0.2, 0) is 0 Å². The van der Waals surface area contributed by atoms with E-state index in [-0.39, 0.29) is 0 Å². The summed E-state index contributed by atoms with van der Waals surface area (Å²) < 4.78 is 1.87. The molecule has 0 aliphatic rings. The Kier molecular flexibility index (Phi) is 2.40. The first-order valence-electron chi connectivity index (χ1n) is 4.48. The quantitative estimate of drug-likeness (QED) is 0.718. The van der Waals surface area contributed by atoms with Crippen LogP contribution in [0.15, 0.2) is 43.0 Å². The second-order valence-electron chi connectivity index (χ2n) is 2.96. The summed E-state index contributed by atoms with van der Waals surface area (Å²) in [6.45, 7) is 2.01. The summed E-state index contributed by atoms with van der Waals surface area (Å²) in [6.07, 6.45) is 7.46. The SMILES string of the molecule is C/C=C/c1ccc(-n2cnnc2)cc1. The predicted octanol–water partition coefficient (Wildman–Crippen LogP) is 2.30. The first kappa shape index (κ1) is 8.69. The van der Waals surface area contributed by atoms with Crippen LogP contribution in [0, 0.1) is 0 Å². The maximum atomic E-state index is 3.76. The molecule has 0 aliphatic heterocycles. The van der Waals surface area contributed by atoms with Gasteiger partial charge in [-0.05, 0) is 24.6 Å². The van der Waals surface area contributed by atoms with Crippen LogP contribution in [0.3, 0.4) is 0 Å². The Morgan fingerprint density at radius 2 is 1.71 bits per heavy atom. The topological polar surface area (TPSA) is 30.7 Å². The standard InChI is InChI=1S/C11H11N3/c1-2-3-10-4-6-11(7-5-10)14-8-12-13-9-14/h2-9H,1H3/b3-2+. The lowest BCUT2D eigenvalue weighted by Crippen LogP contribution is -1.88. The number of hydrogen-bond donors (Lipinski definition) is 0. The smallest absolute Gasteiger partial charge is 0.123 e. The van der Waals surface area contributed by atoms with Crippen molar-refractivity contribution in [3.8, 4) is 5.69 Å². The van der Waals surface area contributed by atoms with E-state index in [0.29, 0.717) is 0 Å². The molecule has 3 heteroatoms. The number of nitrogens with zero attached hydrogens (tertiary/aromatic N) is 3. The van der Waals surface area contributed by atoms with Gasteiger partial charge in [0.1, 0.15) is 12.7 Å². The minimum Gasteiger partial charge on any atom is -0.288 e. The maximum Gasteiger partial charge on any atom is 0.123 e. The molecule has 0 saturated heterocycles. The second kappa shape index (κ2) is 3.87. The Balaban J connectivity index is 2.31. The van der Waals surface area contributed by atoms with Gasteiger partial charge in [-0.1, -0.05) is 24.3 Å². The van der Waals surface area contributed by atoms with Gasteiger partial charge in [0.2, 0.25) is 0 Å². The highest BCUT2D eigenvalue weighted by atomic mass is 15.2. The Morgan fingerprint density at radius 3 is 2.29 bits per heavy atom. The van der Waals surface area contributed by atoms with Gasteiger partial charge in [0.15, 0.2) is 0 Å². The minimum absolute atomic E-state index is 1.07. The zero-order valence-electron chi connectivity index (χ0n) is 7.96. The number of rotatable bonds is 2. The van der Waals surface area contributed by atoms with Crippen LogP contribution in [-0.4, -0.2) is 14.8 Å². The summed E-state index contributed by atoms with van der Waals surface area (Å²) in [7, 11) is 0. The monoisotopic (exact) mass is 185 g/mol. The van der Waals surface area contributed by atoms with E-state index in [0.717, 1.165) is 5.69 Å². The first-order valence-corrected chi connectivity index (χ1v) is 4.48. The van der Waals surface area contributed by atoms with Crippen molar-refractivity contribution >= 4 is 6.08 Å². The highest BCUT2D eigenvalue weighted by Crippen LogP contribution is 2.09. The van der Waals surface area contributed by atoms with Gasteiger partial charge in [-0.15, -0.1) is 10.2 Å². The van der Waals surface area contributed by atoms with E-state index in [1.54, 1.807) is 12.7 Å². The third-order valence-corrected chi connectivity index (χ3v) is 1.97. The van der Waals surface area contributed by atoms with Crippen molar-refractivity contribution in [1.29, 1.82) is 0 Å². The summed E-state index contributed by atoms with van der Waals surface area (Å²) in [5.74, 6) is 0. The van der Waals surface area contributed by atoms with Crippen LogP contribution >= 0.6 is 0 Å². The molecule has 0 atom stereocenters. The van der Waals surface area contributed by atoms with Crippen LogP contribution in [0.1, 0.15) is 12.5 Å². The zero-order valence-corrected chi connectivity index (χ0v) is 7.96. The minimum atomic E-state index is 1.07. The summed E-state index contributed by atoms with van der Waals surface area (Å²) in [5.41, 5.74) is 2.27. The molecule has 2 rings (SSSR count). The number of aromatic nitrogens is 3. The predicted molar refractivity (Wildman–Crippen MR) is 56.1 cm³/mol. The lowest BCUT2D eigenvalue weighted by Gasteiger charge is -2.00. The average Bonchev–Trinajstić information content (AvgIpc) is 2.72. The summed E-state index contributed by atoms with van der Waals surface area (Å²) >= 11 is 0. The average molecular weight is 185 g/mol. The summed E-state index contributed by atoms with van der Waals surface area (Å²) in [4.78, 5) is 0. The molecule has 1 aromatic carbocycles. The molecule has 14 heavy (non-hydrogen) atoms. The molecule has 0 radical (unpaired) electrons. The van der Waals surface area contributed by atoms with Gasteiger partial charge in [0, 0.05) is 5.69 Å². The van der Waals surface area contributed by atoms with E-state index in [1.807, 2.05) is 29.7 Å². The molecule has 70 valence electrons. The largest absolute Gasteiger partial charge is 0.288 e.